The maximum absolute atomic E-state index is 11.7. The highest BCUT2D eigenvalue weighted by Gasteiger charge is 2.11. The van der Waals surface area contributed by atoms with Crippen LogP contribution in [0.1, 0.15) is 191 Å². The Hall–Kier alpha value is -1.90. The SMILES string of the molecule is C=CCCCCCCCCCCCCC.CCCCCCCCCCCCCCCC(=O)OC(=O)c1ccccc1. The minimum Gasteiger partial charge on any atom is -0.389 e. The average Bonchev–Trinajstić information content (AvgIpc) is 2.99. The Morgan fingerprint density at radius 3 is 1.32 bits per heavy atom. The molecule has 0 radical (unpaired) electrons. The zero-order valence-electron chi connectivity index (χ0n) is 27.3. The van der Waals surface area contributed by atoms with Crippen molar-refractivity contribution in [3.05, 3.63) is 48.6 Å². The first-order valence-electron chi connectivity index (χ1n) is 17.6. The molecule has 0 aromatic heterocycles. The molecule has 3 heteroatoms. The van der Waals surface area contributed by atoms with Crippen LogP contribution in [0.15, 0.2) is 43.0 Å². The first-order chi connectivity index (χ1) is 20.2. The van der Waals surface area contributed by atoms with Crippen LogP contribution in [0, 0.1) is 0 Å². The number of rotatable bonds is 27. The van der Waals surface area contributed by atoms with Gasteiger partial charge < -0.3 is 4.74 Å². The molecule has 0 fully saturated rings. The smallest absolute Gasteiger partial charge is 0.345 e. The van der Waals surface area contributed by atoms with E-state index >= 15 is 0 Å². The predicted octanol–water partition coefficient (Wildman–Crippen LogP) is 12.7. The van der Waals surface area contributed by atoms with Gasteiger partial charge >= 0.3 is 11.9 Å². The van der Waals surface area contributed by atoms with Gasteiger partial charge in [0.2, 0.25) is 0 Å². The van der Waals surface area contributed by atoms with E-state index in [0.29, 0.717) is 12.0 Å². The van der Waals surface area contributed by atoms with Crippen molar-refractivity contribution in [2.75, 3.05) is 0 Å². The zero-order chi connectivity index (χ0) is 30.1. The third kappa shape index (κ3) is 29.4. The van der Waals surface area contributed by atoms with Crippen molar-refractivity contribution >= 4 is 11.9 Å². The van der Waals surface area contributed by atoms with Gasteiger partial charge in [0, 0.05) is 6.42 Å². The van der Waals surface area contributed by atoms with Crippen LogP contribution < -0.4 is 0 Å². The summed E-state index contributed by atoms with van der Waals surface area (Å²) in [5.41, 5.74) is 0.422. The Balaban J connectivity index is 0.000000909. The maximum atomic E-state index is 11.7. The summed E-state index contributed by atoms with van der Waals surface area (Å²) in [6.45, 7) is 8.28. The number of hydrogen-bond acceptors (Lipinski definition) is 3. The zero-order valence-corrected chi connectivity index (χ0v) is 27.3. The minimum absolute atomic E-state index is 0.330. The summed E-state index contributed by atoms with van der Waals surface area (Å²) in [7, 11) is 0. The molecule has 236 valence electrons. The van der Waals surface area contributed by atoms with Gasteiger partial charge in [0.25, 0.3) is 0 Å². The quantitative estimate of drug-likeness (QED) is 0.0457. The van der Waals surface area contributed by atoms with Gasteiger partial charge in [-0.25, -0.2) is 4.79 Å². The van der Waals surface area contributed by atoms with Crippen LogP contribution in [0.3, 0.4) is 0 Å². The average molecular weight is 571 g/mol. The summed E-state index contributed by atoms with van der Waals surface area (Å²) in [4.78, 5) is 23.4. The van der Waals surface area contributed by atoms with E-state index in [1.54, 1.807) is 24.3 Å². The van der Waals surface area contributed by atoms with Crippen LogP contribution >= 0.6 is 0 Å². The number of ether oxygens (including phenoxy) is 1. The molecule has 0 bridgehead atoms. The highest BCUT2D eigenvalue weighted by atomic mass is 16.6. The molecule has 1 aromatic carbocycles. The monoisotopic (exact) mass is 571 g/mol. The van der Waals surface area contributed by atoms with Gasteiger partial charge in [-0.3, -0.25) is 4.79 Å². The molecular formula is C38H66O3. The fourth-order valence-corrected chi connectivity index (χ4v) is 5.03. The molecular weight excluding hydrogens is 504 g/mol. The standard InChI is InChI=1S/C23H36O3.C15H30/c1-2-3-4-5-6-7-8-9-10-11-12-13-17-20-22(24)26-23(25)21-18-15-14-16-19-21;1-3-5-7-9-11-13-15-14-12-10-8-6-4-2/h14-16,18-19H,2-13,17,20H2,1H3;3H,1,4-15H2,2H3. The topological polar surface area (TPSA) is 43.4 Å². The van der Waals surface area contributed by atoms with Crippen LogP contribution in [0.2, 0.25) is 0 Å². The largest absolute Gasteiger partial charge is 0.389 e. The van der Waals surface area contributed by atoms with E-state index in [-0.39, 0.29) is 0 Å². The Bertz CT molecular complexity index is 697. The normalized spacial score (nSPS) is 10.6. The summed E-state index contributed by atoms with van der Waals surface area (Å²) in [5.74, 6) is -0.966. The lowest BCUT2D eigenvalue weighted by Gasteiger charge is -2.04. The number of carbonyl (C=O) groups excluding carboxylic acids is 2. The lowest BCUT2D eigenvalue weighted by atomic mass is 10.0. The van der Waals surface area contributed by atoms with Crippen molar-refractivity contribution in [3.8, 4) is 0 Å². The lowest BCUT2D eigenvalue weighted by molar-refractivity contribution is -0.138. The van der Waals surface area contributed by atoms with Gasteiger partial charge in [-0.05, 0) is 31.4 Å². The van der Waals surface area contributed by atoms with Crippen LogP contribution in [0.4, 0.5) is 0 Å². The predicted molar refractivity (Wildman–Crippen MR) is 178 cm³/mol. The second-order valence-corrected chi connectivity index (χ2v) is 11.7. The van der Waals surface area contributed by atoms with Crippen molar-refractivity contribution in [1.82, 2.24) is 0 Å². The van der Waals surface area contributed by atoms with Crippen molar-refractivity contribution in [2.24, 2.45) is 0 Å². The third-order valence-corrected chi connectivity index (χ3v) is 7.71. The van der Waals surface area contributed by atoms with E-state index in [9.17, 15) is 9.59 Å². The van der Waals surface area contributed by atoms with Gasteiger partial charge in [0.1, 0.15) is 0 Å². The molecule has 0 aliphatic heterocycles. The van der Waals surface area contributed by atoms with Crippen LogP contribution in [-0.2, 0) is 9.53 Å². The molecule has 41 heavy (non-hydrogen) atoms. The highest BCUT2D eigenvalue weighted by Crippen LogP contribution is 2.14. The molecule has 0 saturated heterocycles. The van der Waals surface area contributed by atoms with Gasteiger partial charge in [-0.1, -0.05) is 179 Å². The third-order valence-electron chi connectivity index (χ3n) is 7.71. The number of allylic oxidation sites excluding steroid dienone is 1. The lowest BCUT2D eigenvalue weighted by Crippen LogP contribution is -2.12. The highest BCUT2D eigenvalue weighted by molar-refractivity contribution is 5.96. The number of benzene rings is 1. The first kappa shape index (κ1) is 39.1. The van der Waals surface area contributed by atoms with Crippen molar-refractivity contribution in [2.45, 2.75) is 181 Å². The Labute approximate surface area is 255 Å². The van der Waals surface area contributed by atoms with Crippen molar-refractivity contribution < 1.29 is 14.3 Å². The van der Waals surface area contributed by atoms with Crippen LogP contribution in [0.25, 0.3) is 0 Å². The molecule has 0 N–H and O–H groups in total. The van der Waals surface area contributed by atoms with E-state index in [4.69, 9.17) is 4.74 Å². The molecule has 0 amide bonds. The van der Waals surface area contributed by atoms with E-state index in [2.05, 4.69) is 20.4 Å². The van der Waals surface area contributed by atoms with Crippen LogP contribution in [-0.4, -0.2) is 11.9 Å². The fraction of sp³-hybridized carbons (Fsp3) is 0.737. The van der Waals surface area contributed by atoms with Crippen LogP contribution in [0.5, 0.6) is 0 Å². The molecule has 0 atom stereocenters. The summed E-state index contributed by atoms with van der Waals surface area (Å²) in [5, 5.41) is 0. The molecule has 0 aliphatic rings. The van der Waals surface area contributed by atoms with Gasteiger partial charge in [-0.15, -0.1) is 6.58 Å². The number of hydrogen-bond donors (Lipinski definition) is 0. The Morgan fingerprint density at radius 1 is 0.561 bits per heavy atom. The van der Waals surface area contributed by atoms with Gasteiger partial charge in [-0.2, -0.15) is 0 Å². The van der Waals surface area contributed by atoms with E-state index in [0.717, 1.165) is 19.3 Å². The number of carbonyl (C=O) groups is 2. The van der Waals surface area contributed by atoms with E-state index < -0.39 is 11.9 Å². The molecule has 1 rings (SSSR count). The maximum Gasteiger partial charge on any atom is 0.345 e. The second kappa shape index (κ2) is 32.6. The van der Waals surface area contributed by atoms with Gasteiger partial charge in [0.05, 0.1) is 5.56 Å². The summed E-state index contributed by atoms with van der Waals surface area (Å²) >= 11 is 0. The Morgan fingerprint density at radius 2 is 0.927 bits per heavy atom. The summed E-state index contributed by atoms with van der Waals surface area (Å²) < 4.78 is 4.87. The van der Waals surface area contributed by atoms with Crippen molar-refractivity contribution in [3.63, 3.8) is 0 Å². The first-order valence-corrected chi connectivity index (χ1v) is 17.6. The molecule has 3 nitrogen and oxygen atoms in total. The molecule has 0 unspecified atom stereocenters. The summed E-state index contributed by atoms with van der Waals surface area (Å²) in [6, 6.07) is 8.65. The fourth-order valence-electron chi connectivity index (χ4n) is 5.03. The molecule has 0 spiro atoms. The Kier molecular flexibility index (Phi) is 31.1. The van der Waals surface area contributed by atoms with Gasteiger partial charge in [0.15, 0.2) is 0 Å². The number of unbranched alkanes of at least 4 members (excludes halogenated alkanes) is 23. The van der Waals surface area contributed by atoms with Crippen molar-refractivity contribution in [1.29, 1.82) is 0 Å². The van der Waals surface area contributed by atoms with E-state index in [1.165, 1.54) is 141 Å². The molecule has 0 saturated carbocycles. The molecule has 0 aliphatic carbocycles. The minimum atomic E-state index is -0.551. The van der Waals surface area contributed by atoms with E-state index in [1.807, 2.05) is 12.1 Å². The molecule has 1 aromatic rings. The summed E-state index contributed by atoms with van der Waals surface area (Å²) in [6.07, 6.45) is 35.8. The second-order valence-electron chi connectivity index (χ2n) is 11.7. The molecule has 0 heterocycles. The number of esters is 2.